The van der Waals surface area contributed by atoms with Gasteiger partial charge in [0, 0.05) is 19.3 Å². The third-order valence-corrected chi connectivity index (χ3v) is 3.68. The second-order valence-corrected chi connectivity index (χ2v) is 5.16. The fourth-order valence-corrected chi connectivity index (χ4v) is 2.65. The smallest absolute Gasteiger partial charge is 0.339 e. The fourth-order valence-electron chi connectivity index (χ4n) is 2.65. The molecular weight excluding hydrogens is 254 g/mol. The van der Waals surface area contributed by atoms with Gasteiger partial charge in [0.2, 0.25) is 0 Å². The molecule has 110 valence electrons. The molecule has 1 aromatic heterocycles. The first-order valence-corrected chi connectivity index (χ1v) is 7.32. The Hall–Kier alpha value is -1.62. The molecule has 5 nitrogen and oxygen atoms in total. The molecule has 1 aliphatic rings. The number of carbonyl (C=O) groups excluding carboxylic acids is 1. The number of nitrogens with two attached hydrogens (primary N) is 1. The van der Waals surface area contributed by atoms with E-state index in [1.54, 1.807) is 19.2 Å². The summed E-state index contributed by atoms with van der Waals surface area (Å²) < 4.78 is 4.96. The van der Waals surface area contributed by atoms with Crippen molar-refractivity contribution >= 4 is 11.8 Å². The van der Waals surface area contributed by atoms with Gasteiger partial charge in [-0.05, 0) is 50.8 Å². The standard InChI is InChI=1S/C15H23N3O2/c1-2-20-15(19)13-5-6-14(17-10-13)18-9-3-4-12(11-18)7-8-16/h5-6,10,12H,2-4,7-9,11,16H2,1H3. The van der Waals surface area contributed by atoms with Gasteiger partial charge in [0.1, 0.15) is 5.82 Å². The molecule has 1 aromatic rings. The lowest BCUT2D eigenvalue weighted by atomic mass is 9.95. The number of rotatable bonds is 5. The minimum Gasteiger partial charge on any atom is -0.462 e. The molecule has 2 heterocycles. The minimum atomic E-state index is -0.314. The van der Waals surface area contributed by atoms with Crippen LogP contribution in [0.1, 0.15) is 36.5 Å². The zero-order chi connectivity index (χ0) is 14.4. The second-order valence-electron chi connectivity index (χ2n) is 5.16. The van der Waals surface area contributed by atoms with Gasteiger partial charge in [-0.15, -0.1) is 0 Å². The Balaban J connectivity index is 2.00. The Kier molecular flexibility index (Phi) is 5.35. The molecule has 0 radical (unpaired) electrons. The van der Waals surface area contributed by atoms with Crippen molar-refractivity contribution in [3.8, 4) is 0 Å². The lowest BCUT2D eigenvalue weighted by Gasteiger charge is -2.33. The molecule has 1 atom stereocenters. The Bertz CT molecular complexity index is 431. The molecule has 2 N–H and O–H groups in total. The minimum absolute atomic E-state index is 0.314. The van der Waals surface area contributed by atoms with E-state index in [-0.39, 0.29) is 5.97 Å². The molecular formula is C15H23N3O2. The summed E-state index contributed by atoms with van der Waals surface area (Å²) in [6.45, 7) is 4.95. The van der Waals surface area contributed by atoms with E-state index in [1.165, 1.54) is 12.8 Å². The monoisotopic (exact) mass is 277 g/mol. The predicted molar refractivity (Wildman–Crippen MR) is 78.8 cm³/mol. The molecule has 0 aliphatic carbocycles. The molecule has 0 aromatic carbocycles. The Morgan fingerprint density at radius 1 is 1.55 bits per heavy atom. The van der Waals surface area contributed by atoms with Crippen molar-refractivity contribution in [2.45, 2.75) is 26.2 Å². The van der Waals surface area contributed by atoms with Gasteiger partial charge >= 0.3 is 5.97 Å². The Morgan fingerprint density at radius 3 is 3.05 bits per heavy atom. The number of hydrogen-bond acceptors (Lipinski definition) is 5. The average Bonchev–Trinajstić information content (AvgIpc) is 2.48. The van der Waals surface area contributed by atoms with Crippen LogP contribution in [0, 0.1) is 5.92 Å². The van der Waals surface area contributed by atoms with Gasteiger partial charge in [-0.25, -0.2) is 9.78 Å². The van der Waals surface area contributed by atoms with Crippen LogP contribution in [0.3, 0.4) is 0 Å². The molecule has 20 heavy (non-hydrogen) atoms. The van der Waals surface area contributed by atoms with Crippen molar-refractivity contribution in [2.75, 3.05) is 31.1 Å². The van der Waals surface area contributed by atoms with Crippen molar-refractivity contribution in [3.63, 3.8) is 0 Å². The van der Waals surface area contributed by atoms with Crippen molar-refractivity contribution in [3.05, 3.63) is 23.9 Å². The van der Waals surface area contributed by atoms with Gasteiger partial charge in [-0.2, -0.15) is 0 Å². The molecule has 2 rings (SSSR count). The van der Waals surface area contributed by atoms with E-state index in [0.29, 0.717) is 18.1 Å². The first kappa shape index (κ1) is 14.8. The van der Waals surface area contributed by atoms with Crippen molar-refractivity contribution in [1.29, 1.82) is 0 Å². The maximum Gasteiger partial charge on any atom is 0.339 e. The SMILES string of the molecule is CCOC(=O)c1ccc(N2CCCC(CCN)C2)nc1. The largest absolute Gasteiger partial charge is 0.462 e. The highest BCUT2D eigenvalue weighted by Gasteiger charge is 2.20. The van der Waals surface area contributed by atoms with E-state index in [2.05, 4.69) is 9.88 Å². The zero-order valence-corrected chi connectivity index (χ0v) is 12.0. The molecule has 0 spiro atoms. The lowest BCUT2D eigenvalue weighted by molar-refractivity contribution is 0.0526. The number of piperidine rings is 1. The quantitative estimate of drug-likeness (QED) is 0.831. The highest BCUT2D eigenvalue weighted by atomic mass is 16.5. The summed E-state index contributed by atoms with van der Waals surface area (Å²) in [4.78, 5) is 18.3. The summed E-state index contributed by atoms with van der Waals surface area (Å²) in [5.41, 5.74) is 6.15. The van der Waals surface area contributed by atoms with Crippen LogP contribution < -0.4 is 10.6 Å². The van der Waals surface area contributed by atoms with Crippen LogP contribution in [0.15, 0.2) is 18.3 Å². The van der Waals surface area contributed by atoms with Gasteiger partial charge < -0.3 is 15.4 Å². The molecule has 0 bridgehead atoms. The van der Waals surface area contributed by atoms with E-state index in [0.717, 1.165) is 31.9 Å². The number of anilines is 1. The van der Waals surface area contributed by atoms with Gasteiger partial charge in [0.15, 0.2) is 0 Å². The van der Waals surface area contributed by atoms with Gasteiger partial charge in [0.25, 0.3) is 0 Å². The number of pyridine rings is 1. The van der Waals surface area contributed by atoms with Crippen LogP contribution in [0.4, 0.5) is 5.82 Å². The number of aromatic nitrogens is 1. The summed E-state index contributed by atoms with van der Waals surface area (Å²) >= 11 is 0. The summed E-state index contributed by atoms with van der Waals surface area (Å²) in [7, 11) is 0. The van der Waals surface area contributed by atoms with Gasteiger partial charge in [-0.3, -0.25) is 0 Å². The van der Waals surface area contributed by atoms with E-state index in [9.17, 15) is 4.79 Å². The van der Waals surface area contributed by atoms with E-state index in [4.69, 9.17) is 10.5 Å². The van der Waals surface area contributed by atoms with E-state index < -0.39 is 0 Å². The molecule has 1 unspecified atom stereocenters. The van der Waals surface area contributed by atoms with E-state index >= 15 is 0 Å². The van der Waals surface area contributed by atoms with Crippen LogP contribution in [0.2, 0.25) is 0 Å². The van der Waals surface area contributed by atoms with E-state index in [1.807, 2.05) is 6.07 Å². The highest BCUT2D eigenvalue weighted by molar-refractivity contribution is 5.89. The normalized spacial score (nSPS) is 18.9. The van der Waals surface area contributed by atoms with Crippen LogP contribution in [0.25, 0.3) is 0 Å². The molecule has 1 fully saturated rings. The topological polar surface area (TPSA) is 68.5 Å². The zero-order valence-electron chi connectivity index (χ0n) is 12.0. The van der Waals surface area contributed by atoms with Crippen LogP contribution in [-0.2, 0) is 4.74 Å². The lowest BCUT2D eigenvalue weighted by Crippen LogP contribution is -2.36. The van der Waals surface area contributed by atoms with Gasteiger partial charge in [-0.1, -0.05) is 0 Å². The summed E-state index contributed by atoms with van der Waals surface area (Å²) in [6.07, 6.45) is 5.08. The number of esters is 1. The molecule has 1 saturated heterocycles. The maximum absolute atomic E-state index is 11.6. The van der Waals surface area contributed by atoms with Crippen LogP contribution >= 0.6 is 0 Å². The average molecular weight is 277 g/mol. The molecule has 1 aliphatic heterocycles. The summed E-state index contributed by atoms with van der Waals surface area (Å²) in [6, 6.07) is 3.68. The van der Waals surface area contributed by atoms with Crippen molar-refractivity contribution in [1.82, 2.24) is 4.98 Å². The third kappa shape index (κ3) is 3.70. The van der Waals surface area contributed by atoms with Crippen molar-refractivity contribution < 1.29 is 9.53 Å². The number of carbonyl (C=O) groups is 1. The molecule has 5 heteroatoms. The van der Waals surface area contributed by atoms with Crippen molar-refractivity contribution in [2.24, 2.45) is 11.7 Å². The maximum atomic E-state index is 11.6. The first-order valence-electron chi connectivity index (χ1n) is 7.32. The second kappa shape index (κ2) is 7.24. The molecule has 0 amide bonds. The van der Waals surface area contributed by atoms with Crippen LogP contribution in [-0.4, -0.2) is 37.2 Å². The summed E-state index contributed by atoms with van der Waals surface area (Å²) in [5, 5.41) is 0. The Labute approximate surface area is 120 Å². The highest BCUT2D eigenvalue weighted by Crippen LogP contribution is 2.23. The number of ether oxygens (including phenoxy) is 1. The fraction of sp³-hybridized carbons (Fsp3) is 0.600. The molecule has 0 saturated carbocycles. The Morgan fingerprint density at radius 2 is 2.40 bits per heavy atom. The predicted octanol–water partition coefficient (Wildman–Crippen LogP) is 1.82. The third-order valence-electron chi connectivity index (χ3n) is 3.68. The number of nitrogens with zero attached hydrogens (tertiary/aromatic N) is 2. The first-order chi connectivity index (χ1) is 9.74. The van der Waals surface area contributed by atoms with Crippen LogP contribution in [0.5, 0.6) is 0 Å². The number of hydrogen-bond donors (Lipinski definition) is 1. The van der Waals surface area contributed by atoms with Gasteiger partial charge in [0.05, 0.1) is 12.2 Å². The summed E-state index contributed by atoms with van der Waals surface area (Å²) in [5.74, 6) is 1.27.